The number of likely N-dealkylation sites (tertiary alicyclic amines) is 1. The van der Waals surface area contributed by atoms with Crippen LogP contribution in [0.1, 0.15) is 69.3 Å². The van der Waals surface area contributed by atoms with Gasteiger partial charge >= 0.3 is 0 Å². The van der Waals surface area contributed by atoms with Crippen molar-refractivity contribution >= 4 is 10.9 Å². The molecule has 1 aromatic heterocycles. The standard InChI is InChI=1S/C24H32N2O/c27-24-22(16-20-7-3-4-8-23(20)25-24)18-11-13-26(14-12-18)21-10-9-17-5-1-2-6-19(17)15-21/h3-4,7-8,16-19,21H,1-2,5-6,9-15H2,(H,25,27). The third kappa shape index (κ3) is 3.47. The Kier molecular flexibility index (Phi) is 4.81. The molecule has 1 aliphatic heterocycles. The molecule has 3 nitrogen and oxygen atoms in total. The van der Waals surface area contributed by atoms with Gasteiger partial charge in [-0.1, -0.05) is 43.9 Å². The van der Waals surface area contributed by atoms with Crippen LogP contribution in [0.3, 0.4) is 0 Å². The molecule has 1 aromatic carbocycles. The number of fused-ring (bicyclic) bond motifs is 2. The second-order valence-electron chi connectivity index (χ2n) is 9.22. The SMILES string of the molecule is O=c1[nH]c2ccccc2cc1C1CCN(C2CCC3CCCCC3C2)CC1. The summed E-state index contributed by atoms with van der Waals surface area (Å²) in [5, 5.41) is 1.16. The van der Waals surface area contributed by atoms with Gasteiger partial charge in [-0.05, 0) is 80.5 Å². The molecule has 5 rings (SSSR count). The lowest BCUT2D eigenvalue weighted by molar-refractivity contribution is 0.0589. The normalized spacial score (nSPS) is 30.3. The Balaban J connectivity index is 1.25. The molecule has 0 bridgehead atoms. The Labute approximate surface area is 162 Å². The molecule has 2 saturated carbocycles. The summed E-state index contributed by atoms with van der Waals surface area (Å²) in [5.74, 6) is 2.45. The predicted molar refractivity (Wildman–Crippen MR) is 111 cm³/mol. The maximum atomic E-state index is 12.6. The quantitative estimate of drug-likeness (QED) is 0.808. The second-order valence-corrected chi connectivity index (χ2v) is 9.22. The highest BCUT2D eigenvalue weighted by Crippen LogP contribution is 2.42. The molecule has 0 spiro atoms. The molecule has 144 valence electrons. The number of aromatic amines is 1. The van der Waals surface area contributed by atoms with Crippen molar-refractivity contribution in [3.05, 3.63) is 46.2 Å². The lowest BCUT2D eigenvalue weighted by atomic mass is 9.69. The minimum atomic E-state index is 0.120. The zero-order valence-electron chi connectivity index (χ0n) is 16.3. The van der Waals surface area contributed by atoms with Gasteiger partial charge in [0.15, 0.2) is 0 Å². The fraction of sp³-hybridized carbons (Fsp3) is 0.625. The van der Waals surface area contributed by atoms with Crippen molar-refractivity contribution in [2.24, 2.45) is 11.8 Å². The van der Waals surface area contributed by atoms with Gasteiger partial charge in [0.1, 0.15) is 0 Å². The summed E-state index contributed by atoms with van der Waals surface area (Å²) in [6.07, 6.45) is 12.5. The van der Waals surface area contributed by atoms with Crippen molar-refractivity contribution < 1.29 is 0 Å². The summed E-state index contributed by atoms with van der Waals surface area (Å²) in [7, 11) is 0. The Morgan fingerprint density at radius 2 is 1.67 bits per heavy atom. The van der Waals surface area contributed by atoms with Crippen LogP contribution in [-0.4, -0.2) is 29.0 Å². The summed E-state index contributed by atoms with van der Waals surface area (Å²) in [6.45, 7) is 2.33. The van der Waals surface area contributed by atoms with Crippen LogP contribution in [0.15, 0.2) is 35.1 Å². The Hall–Kier alpha value is -1.61. The van der Waals surface area contributed by atoms with Crippen LogP contribution in [0, 0.1) is 11.8 Å². The first-order valence-electron chi connectivity index (χ1n) is 11.1. The van der Waals surface area contributed by atoms with Crippen molar-refractivity contribution in [3.63, 3.8) is 0 Å². The molecule has 3 aliphatic rings. The zero-order valence-corrected chi connectivity index (χ0v) is 16.3. The fourth-order valence-electron chi connectivity index (χ4n) is 6.22. The van der Waals surface area contributed by atoms with Gasteiger partial charge in [-0.15, -0.1) is 0 Å². The molecule has 1 saturated heterocycles. The Bertz CT molecular complexity index is 849. The largest absolute Gasteiger partial charge is 0.322 e. The maximum absolute atomic E-state index is 12.6. The van der Waals surface area contributed by atoms with Gasteiger partial charge in [0, 0.05) is 17.1 Å². The molecule has 3 heteroatoms. The number of nitrogens with one attached hydrogen (secondary N) is 1. The number of hydrogen-bond donors (Lipinski definition) is 1. The van der Waals surface area contributed by atoms with E-state index >= 15 is 0 Å². The molecule has 2 aromatic rings. The number of piperidine rings is 1. The van der Waals surface area contributed by atoms with Crippen LogP contribution in [0.4, 0.5) is 0 Å². The number of pyridine rings is 1. The maximum Gasteiger partial charge on any atom is 0.251 e. The molecule has 2 aliphatic carbocycles. The summed E-state index contributed by atoms with van der Waals surface area (Å²) in [5.41, 5.74) is 2.08. The summed E-state index contributed by atoms with van der Waals surface area (Å²) in [4.78, 5) is 18.5. The number of para-hydroxylation sites is 1. The van der Waals surface area contributed by atoms with Gasteiger partial charge in [-0.3, -0.25) is 4.79 Å². The van der Waals surface area contributed by atoms with Crippen molar-refractivity contribution in [2.75, 3.05) is 13.1 Å². The van der Waals surface area contributed by atoms with Crippen molar-refractivity contribution in [1.82, 2.24) is 9.88 Å². The number of H-pyrrole nitrogens is 1. The van der Waals surface area contributed by atoms with E-state index in [1.165, 1.54) is 58.0 Å². The third-order valence-corrected chi connectivity index (χ3v) is 7.78. The van der Waals surface area contributed by atoms with Gasteiger partial charge in [0.2, 0.25) is 0 Å². The number of hydrogen-bond acceptors (Lipinski definition) is 2. The molecule has 3 unspecified atom stereocenters. The summed E-state index contributed by atoms with van der Waals surface area (Å²) < 4.78 is 0. The van der Waals surface area contributed by atoms with Crippen LogP contribution < -0.4 is 5.56 Å². The lowest BCUT2D eigenvalue weighted by Crippen LogP contribution is -2.45. The van der Waals surface area contributed by atoms with Crippen LogP contribution in [0.25, 0.3) is 10.9 Å². The van der Waals surface area contributed by atoms with Crippen molar-refractivity contribution in [1.29, 1.82) is 0 Å². The minimum absolute atomic E-state index is 0.120. The summed E-state index contributed by atoms with van der Waals surface area (Å²) in [6, 6.07) is 11.1. The Morgan fingerprint density at radius 3 is 2.52 bits per heavy atom. The van der Waals surface area contributed by atoms with E-state index in [1.54, 1.807) is 0 Å². The van der Waals surface area contributed by atoms with E-state index in [2.05, 4.69) is 28.1 Å². The van der Waals surface area contributed by atoms with E-state index in [4.69, 9.17) is 0 Å². The van der Waals surface area contributed by atoms with E-state index in [1.807, 2.05) is 12.1 Å². The number of rotatable bonds is 2. The van der Waals surface area contributed by atoms with E-state index < -0.39 is 0 Å². The average molecular weight is 365 g/mol. The zero-order chi connectivity index (χ0) is 18.2. The number of aromatic nitrogens is 1. The number of benzene rings is 1. The van der Waals surface area contributed by atoms with E-state index in [0.717, 1.165) is 47.2 Å². The molecule has 27 heavy (non-hydrogen) atoms. The molecule has 0 amide bonds. The monoisotopic (exact) mass is 364 g/mol. The fourth-order valence-corrected chi connectivity index (χ4v) is 6.22. The van der Waals surface area contributed by atoms with Crippen LogP contribution in [0.2, 0.25) is 0 Å². The Morgan fingerprint density at radius 1 is 0.889 bits per heavy atom. The van der Waals surface area contributed by atoms with Gasteiger partial charge < -0.3 is 9.88 Å². The molecular weight excluding hydrogens is 332 g/mol. The topological polar surface area (TPSA) is 36.1 Å². The first kappa shape index (κ1) is 17.5. The second kappa shape index (κ2) is 7.43. The molecule has 2 heterocycles. The minimum Gasteiger partial charge on any atom is -0.322 e. The first-order valence-corrected chi connectivity index (χ1v) is 11.1. The van der Waals surface area contributed by atoms with Crippen LogP contribution in [-0.2, 0) is 0 Å². The third-order valence-electron chi connectivity index (χ3n) is 7.78. The van der Waals surface area contributed by atoms with E-state index in [0.29, 0.717) is 5.92 Å². The molecule has 0 radical (unpaired) electrons. The van der Waals surface area contributed by atoms with Crippen molar-refractivity contribution in [3.8, 4) is 0 Å². The highest BCUT2D eigenvalue weighted by atomic mass is 16.1. The van der Waals surface area contributed by atoms with Crippen LogP contribution >= 0.6 is 0 Å². The first-order chi connectivity index (χ1) is 13.3. The van der Waals surface area contributed by atoms with Gasteiger partial charge in [0.25, 0.3) is 5.56 Å². The van der Waals surface area contributed by atoms with E-state index in [-0.39, 0.29) is 5.56 Å². The van der Waals surface area contributed by atoms with Gasteiger partial charge in [-0.25, -0.2) is 0 Å². The smallest absolute Gasteiger partial charge is 0.251 e. The molecular formula is C24H32N2O. The predicted octanol–water partition coefficient (Wildman–Crippen LogP) is 5.07. The van der Waals surface area contributed by atoms with Gasteiger partial charge in [0.05, 0.1) is 0 Å². The van der Waals surface area contributed by atoms with Gasteiger partial charge in [-0.2, -0.15) is 0 Å². The van der Waals surface area contributed by atoms with Crippen LogP contribution in [0.5, 0.6) is 0 Å². The average Bonchev–Trinajstić information content (AvgIpc) is 2.73. The molecule has 3 fully saturated rings. The highest BCUT2D eigenvalue weighted by Gasteiger charge is 2.35. The van der Waals surface area contributed by atoms with Crippen molar-refractivity contribution in [2.45, 2.75) is 69.7 Å². The van der Waals surface area contributed by atoms with E-state index in [9.17, 15) is 4.79 Å². The lowest BCUT2D eigenvalue weighted by Gasteiger charge is -2.45. The molecule has 1 N–H and O–H groups in total. The molecule has 3 atom stereocenters. The highest BCUT2D eigenvalue weighted by molar-refractivity contribution is 5.78. The number of nitrogens with zero attached hydrogens (tertiary/aromatic N) is 1. The summed E-state index contributed by atoms with van der Waals surface area (Å²) >= 11 is 0.